The van der Waals surface area contributed by atoms with E-state index in [1.807, 2.05) is 28.7 Å². The van der Waals surface area contributed by atoms with Gasteiger partial charge in [-0.15, -0.1) is 0 Å². The van der Waals surface area contributed by atoms with E-state index in [1.54, 1.807) is 13.0 Å². The van der Waals surface area contributed by atoms with Gasteiger partial charge in [-0.25, -0.2) is 4.39 Å². The molecule has 0 bridgehead atoms. The zero-order valence-corrected chi connectivity index (χ0v) is 21.1. The number of nitro groups is 2. The van der Waals surface area contributed by atoms with E-state index in [0.29, 0.717) is 14.8 Å². The molecule has 0 saturated carbocycles. The number of nitro benzene ring substituents is 2. The number of hydrogen-bond donors (Lipinski definition) is 1. The monoisotopic (exact) mass is 618 g/mol. The molecule has 0 saturated heterocycles. The Bertz CT molecular complexity index is 1450. The Morgan fingerprint density at radius 3 is 2.41 bits per heavy atom. The van der Waals surface area contributed by atoms with Crippen molar-refractivity contribution < 1.29 is 28.5 Å². The lowest BCUT2D eigenvalue weighted by Gasteiger charge is -2.14. The van der Waals surface area contributed by atoms with Crippen LogP contribution in [0.25, 0.3) is 6.08 Å². The number of nitrogens with one attached hydrogen (secondary N) is 1. The van der Waals surface area contributed by atoms with Crippen molar-refractivity contribution in [3.05, 3.63) is 95.3 Å². The van der Waals surface area contributed by atoms with Crippen LogP contribution >= 0.6 is 22.6 Å². The van der Waals surface area contributed by atoms with Crippen molar-refractivity contribution in [3.63, 3.8) is 0 Å². The Morgan fingerprint density at radius 2 is 1.81 bits per heavy atom. The first-order valence-electron chi connectivity index (χ1n) is 10.4. The minimum absolute atomic E-state index is 0.103. The molecule has 0 aliphatic rings. The highest BCUT2D eigenvalue weighted by Gasteiger charge is 2.24. The highest BCUT2D eigenvalue weighted by molar-refractivity contribution is 14.1. The van der Waals surface area contributed by atoms with E-state index in [2.05, 4.69) is 5.32 Å². The number of carbonyl (C=O) groups is 1. The lowest BCUT2D eigenvalue weighted by atomic mass is 10.1. The summed E-state index contributed by atoms with van der Waals surface area (Å²) in [6, 6.07) is 12.8. The van der Waals surface area contributed by atoms with Crippen LogP contribution in [0.3, 0.4) is 0 Å². The van der Waals surface area contributed by atoms with Crippen LogP contribution in [-0.4, -0.2) is 22.4 Å². The molecule has 1 amide bonds. The smallest absolute Gasteiger partial charge is 0.318 e. The van der Waals surface area contributed by atoms with Crippen molar-refractivity contribution in [2.75, 3.05) is 11.9 Å². The molecule has 1 N–H and O–H groups in total. The number of benzene rings is 3. The van der Waals surface area contributed by atoms with Gasteiger partial charge >= 0.3 is 5.69 Å². The summed E-state index contributed by atoms with van der Waals surface area (Å²) >= 11 is 1.89. The van der Waals surface area contributed by atoms with Gasteiger partial charge in [0.15, 0.2) is 11.5 Å². The molecule has 0 atom stereocenters. The summed E-state index contributed by atoms with van der Waals surface area (Å²) in [4.78, 5) is 33.5. The average Bonchev–Trinajstić information content (AvgIpc) is 2.86. The molecule has 37 heavy (non-hydrogen) atoms. The summed E-state index contributed by atoms with van der Waals surface area (Å²) in [5, 5.41) is 34.5. The number of nitrogens with zero attached hydrogens (tertiary/aromatic N) is 3. The van der Waals surface area contributed by atoms with Gasteiger partial charge in [-0.1, -0.05) is 0 Å². The number of rotatable bonds is 9. The van der Waals surface area contributed by atoms with Gasteiger partial charge in [0.1, 0.15) is 17.5 Å². The van der Waals surface area contributed by atoms with Crippen molar-refractivity contribution in [1.82, 2.24) is 0 Å². The van der Waals surface area contributed by atoms with Crippen molar-refractivity contribution in [2.45, 2.75) is 6.92 Å². The zero-order chi connectivity index (χ0) is 27.1. The molecule has 0 radical (unpaired) electrons. The molecule has 3 rings (SSSR count). The molecule has 0 heterocycles. The molecule has 188 valence electrons. The molecule has 0 aromatic heterocycles. The number of hydrogen-bond acceptors (Lipinski definition) is 8. The fraction of sp³-hybridized carbons (Fsp3) is 0.0833. The van der Waals surface area contributed by atoms with E-state index in [0.717, 1.165) is 30.3 Å². The van der Waals surface area contributed by atoms with Gasteiger partial charge in [-0.2, -0.15) is 5.26 Å². The van der Waals surface area contributed by atoms with Crippen LogP contribution in [0.2, 0.25) is 0 Å². The van der Waals surface area contributed by atoms with Crippen molar-refractivity contribution in [2.24, 2.45) is 0 Å². The summed E-state index contributed by atoms with van der Waals surface area (Å²) in [7, 11) is 0. The van der Waals surface area contributed by atoms with Gasteiger partial charge in [0.2, 0.25) is 5.75 Å². The summed E-state index contributed by atoms with van der Waals surface area (Å²) in [5.41, 5.74) is -0.639. The van der Waals surface area contributed by atoms with Crippen molar-refractivity contribution >= 4 is 51.6 Å². The summed E-state index contributed by atoms with van der Waals surface area (Å²) in [6.45, 7) is 1.89. The normalized spacial score (nSPS) is 10.8. The predicted octanol–water partition coefficient (Wildman–Crippen LogP) is 5.98. The third kappa shape index (κ3) is 6.76. The van der Waals surface area contributed by atoms with Gasteiger partial charge in [0.25, 0.3) is 11.6 Å². The third-order valence-corrected chi connectivity index (χ3v) is 5.47. The summed E-state index contributed by atoms with van der Waals surface area (Å²) in [6.07, 6.45) is 1.31. The molecule has 0 spiro atoms. The number of halogens is 2. The third-order valence-electron chi connectivity index (χ3n) is 4.67. The fourth-order valence-corrected chi connectivity index (χ4v) is 3.77. The van der Waals surface area contributed by atoms with Crippen molar-refractivity contribution in [1.29, 1.82) is 5.26 Å². The number of amides is 1. The minimum atomic E-state index is -0.800. The van der Waals surface area contributed by atoms with Crippen LogP contribution in [0, 0.1) is 40.9 Å². The van der Waals surface area contributed by atoms with Crippen LogP contribution in [0.15, 0.2) is 60.2 Å². The van der Waals surface area contributed by atoms with E-state index in [9.17, 15) is 34.7 Å². The first-order chi connectivity index (χ1) is 17.6. The Morgan fingerprint density at radius 1 is 1.11 bits per heavy atom. The first kappa shape index (κ1) is 27.0. The van der Waals surface area contributed by atoms with Crippen LogP contribution in [-0.2, 0) is 4.79 Å². The standard InChI is InChI=1S/C24H16FIN4O7/c1-2-36-22-11-14(9-15(13-27)24(31)28-17-5-3-16(25)4-6-17)10-19(26)23(22)37-21-8-7-18(29(32)33)12-20(21)30(34)35/h3-12H,2H2,1H3,(H,28,31)/b15-9-. The topological polar surface area (TPSA) is 158 Å². The number of non-ortho nitro benzene ring substituents is 1. The SMILES string of the molecule is CCOc1cc(/C=C(/C#N)C(=O)Nc2ccc(F)cc2)cc(I)c1Oc1ccc([N+](=O)[O-])cc1[N+](=O)[O-]. The maximum atomic E-state index is 13.1. The molecule has 11 nitrogen and oxygen atoms in total. The van der Waals surface area contributed by atoms with Crippen LogP contribution < -0.4 is 14.8 Å². The second-order valence-corrected chi connectivity index (χ2v) is 8.32. The molecule has 0 aliphatic heterocycles. The Kier molecular flexibility index (Phi) is 8.69. The second kappa shape index (κ2) is 11.9. The van der Waals surface area contributed by atoms with Crippen molar-refractivity contribution in [3.8, 4) is 23.3 Å². The summed E-state index contributed by atoms with van der Waals surface area (Å²) < 4.78 is 24.9. The van der Waals surface area contributed by atoms with Gasteiger partial charge in [0, 0.05) is 11.8 Å². The summed E-state index contributed by atoms with van der Waals surface area (Å²) in [5.74, 6) is -1.18. The second-order valence-electron chi connectivity index (χ2n) is 7.16. The molecular weight excluding hydrogens is 602 g/mol. The molecule has 0 unspecified atom stereocenters. The Hall–Kier alpha value is -4.58. The lowest BCUT2D eigenvalue weighted by molar-refractivity contribution is -0.394. The molecule has 3 aromatic carbocycles. The average molecular weight is 618 g/mol. The minimum Gasteiger partial charge on any atom is -0.490 e. The Balaban J connectivity index is 1.97. The zero-order valence-electron chi connectivity index (χ0n) is 18.9. The highest BCUT2D eigenvalue weighted by atomic mass is 127. The number of nitriles is 1. The molecule has 13 heteroatoms. The predicted molar refractivity (Wildman–Crippen MR) is 139 cm³/mol. The molecular formula is C24H16FIN4O7. The number of ether oxygens (including phenoxy) is 2. The number of carbonyl (C=O) groups excluding carboxylic acids is 1. The molecule has 0 aliphatic carbocycles. The maximum absolute atomic E-state index is 13.1. The largest absolute Gasteiger partial charge is 0.490 e. The van der Waals surface area contributed by atoms with Crippen LogP contribution in [0.1, 0.15) is 12.5 Å². The van der Waals surface area contributed by atoms with E-state index in [1.165, 1.54) is 24.3 Å². The van der Waals surface area contributed by atoms with E-state index >= 15 is 0 Å². The van der Waals surface area contributed by atoms with Gasteiger partial charge < -0.3 is 14.8 Å². The maximum Gasteiger partial charge on any atom is 0.318 e. The van der Waals surface area contributed by atoms with E-state index in [-0.39, 0.29) is 29.4 Å². The van der Waals surface area contributed by atoms with Crippen LogP contribution in [0.5, 0.6) is 17.2 Å². The fourth-order valence-electron chi connectivity index (χ4n) is 3.04. The quantitative estimate of drug-likeness (QED) is 0.101. The van der Waals surface area contributed by atoms with Gasteiger partial charge in [0.05, 0.1) is 26.1 Å². The van der Waals surface area contributed by atoms with E-state index in [4.69, 9.17) is 9.47 Å². The Labute approximate surface area is 222 Å². The van der Waals surface area contributed by atoms with Gasteiger partial charge in [-0.05, 0) is 83.6 Å². The number of anilines is 1. The lowest BCUT2D eigenvalue weighted by Crippen LogP contribution is -2.13. The van der Waals surface area contributed by atoms with E-state index < -0.39 is 32.9 Å². The molecule has 0 fully saturated rings. The first-order valence-corrected chi connectivity index (χ1v) is 11.5. The van der Waals surface area contributed by atoms with Gasteiger partial charge in [-0.3, -0.25) is 25.0 Å². The highest BCUT2D eigenvalue weighted by Crippen LogP contribution is 2.41. The molecule has 3 aromatic rings. The van der Waals surface area contributed by atoms with Crippen LogP contribution in [0.4, 0.5) is 21.5 Å².